The normalized spacial score (nSPS) is 16.8. The highest BCUT2D eigenvalue weighted by Crippen LogP contribution is 2.20. The molecule has 5 nitrogen and oxygen atoms in total. The SMILES string of the molecule is O=c1c(CN(CCCn2ccnc2)C[C@H]2CC=CCC2)coc2ccccc12. The van der Waals surface area contributed by atoms with Crippen molar-refractivity contribution < 1.29 is 4.42 Å². The molecule has 0 aliphatic heterocycles. The predicted molar refractivity (Wildman–Crippen MR) is 111 cm³/mol. The lowest BCUT2D eigenvalue weighted by Gasteiger charge is -2.28. The van der Waals surface area contributed by atoms with E-state index in [2.05, 4.69) is 26.6 Å². The fourth-order valence-electron chi connectivity index (χ4n) is 3.99. The van der Waals surface area contributed by atoms with Crippen LogP contribution in [0.25, 0.3) is 11.0 Å². The van der Waals surface area contributed by atoms with Gasteiger partial charge in [-0.05, 0) is 43.7 Å². The van der Waals surface area contributed by atoms with Gasteiger partial charge in [0.25, 0.3) is 0 Å². The summed E-state index contributed by atoms with van der Waals surface area (Å²) in [6.07, 6.45) is 16.4. The number of allylic oxidation sites excluding steroid dienone is 2. The molecule has 0 bridgehead atoms. The Hall–Kier alpha value is -2.66. The van der Waals surface area contributed by atoms with Crippen molar-refractivity contribution in [3.8, 4) is 0 Å². The van der Waals surface area contributed by atoms with Crippen LogP contribution in [0.2, 0.25) is 0 Å². The van der Waals surface area contributed by atoms with Gasteiger partial charge < -0.3 is 8.98 Å². The summed E-state index contributed by atoms with van der Waals surface area (Å²) < 4.78 is 7.83. The highest BCUT2D eigenvalue weighted by molar-refractivity contribution is 5.76. The van der Waals surface area contributed by atoms with Crippen LogP contribution in [-0.2, 0) is 13.1 Å². The lowest BCUT2D eigenvalue weighted by atomic mass is 9.93. The second kappa shape index (κ2) is 9.02. The topological polar surface area (TPSA) is 51.3 Å². The van der Waals surface area contributed by atoms with Crippen molar-refractivity contribution in [1.82, 2.24) is 14.5 Å². The number of para-hydroxylation sites is 1. The minimum atomic E-state index is 0.0880. The number of hydrogen-bond donors (Lipinski definition) is 0. The summed E-state index contributed by atoms with van der Waals surface area (Å²) in [6.45, 7) is 3.54. The molecule has 2 aromatic heterocycles. The Morgan fingerprint density at radius 1 is 1.25 bits per heavy atom. The number of aromatic nitrogens is 2. The standard InChI is InChI=1S/C23H27N3O2/c27-23-20(17-28-22-10-5-4-9-21(22)23)16-26(15-19-7-2-1-3-8-19)13-6-12-25-14-11-24-18-25/h1-2,4-5,9-11,14,17-19H,3,6-8,12-13,15-16H2/t19-/m0/s1. The van der Waals surface area contributed by atoms with Gasteiger partial charge in [0.15, 0.2) is 5.43 Å². The van der Waals surface area contributed by atoms with Crippen molar-refractivity contribution in [2.75, 3.05) is 13.1 Å². The van der Waals surface area contributed by atoms with Crippen LogP contribution in [0.15, 0.2) is 70.6 Å². The Labute approximate surface area is 165 Å². The zero-order valence-electron chi connectivity index (χ0n) is 16.2. The third-order valence-corrected chi connectivity index (χ3v) is 5.49. The van der Waals surface area contributed by atoms with E-state index in [9.17, 15) is 4.79 Å². The van der Waals surface area contributed by atoms with Crippen molar-refractivity contribution >= 4 is 11.0 Å². The van der Waals surface area contributed by atoms with Gasteiger partial charge in [-0.3, -0.25) is 9.69 Å². The maximum Gasteiger partial charge on any atom is 0.197 e. The van der Waals surface area contributed by atoms with E-state index in [0.29, 0.717) is 23.4 Å². The molecule has 0 fully saturated rings. The van der Waals surface area contributed by atoms with E-state index >= 15 is 0 Å². The molecular weight excluding hydrogens is 350 g/mol. The molecule has 2 heterocycles. The van der Waals surface area contributed by atoms with Crippen LogP contribution in [0.1, 0.15) is 31.2 Å². The predicted octanol–water partition coefficient (Wildman–Crippen LogP) is 4.24. The first kappa shape index (κ1) is 18.7. The van der Waals surface area contributed by atoms with Crippen LogP contribution in [0.5, 0.6) is 0 Å². The third-order valence-electron chi connectivity index (χ3n) is 5.49. The van der Waals surface area contributed by atoms with E-state index in [-0.39, 0.29) is 5.43 Å². The molecule has 4 rings (SSSR count). The van der Waals surface area contributed by atoms with Gasteiger partial charge in [0.1, 0.15) is 5.58 Å². The highest BCUT2D eigenvalue weighted by Gasteiger charge is 2.17. The van der Waals surface area contributed by atoms with E-state index in [4.69, 9.17) is 4.42 Å². The van der Waals surface area contributed by atoms with Gasteiger partial charge in [0.2, 0.25) is 0 Å². The largest absolute Gasteiger partial charge is 0.464 e. The first-order valence-corrected chi connectivity index (χ1v) is 10.1. The number of fused-ring (bicyclic) bond motifs is 1. The first-order valence-electron chi connectivity index (χ1n) is 10.1. The Balaban J connectivity index is 1.48. The summed E-state index contributed by atoms with van der Waals surface area (Å²) in [6, 6.07) is 7.47. The molecule has 0 spiro atoms. The number of hydrogen-bond acceptors (Lipinski definition) is 4. The molecule has 1 aliphatic rings. The second-order valence-corrected chi connectivity index (χ2v) is 7.63. The minimum absolute atomic E-state index is 0.0880. The molecule has 0 saturated heterocycles. The Kier molecular flexibility index (Phi) is 6.02. The van der Waals surface area contributed by atoms with Crippen LogP contribution < -0.4 is 5.43 Å². The van der Waals surface area contributed by atoms with Crippen molar-refractivity contribution in [2.45, 2.75) is 38.8 Å². The lowest BCUT2D eigenvalue weighted by Crippen LogP contribution is -2.32. The number of benzene rings is 1. The van der Waals surface area contributed by atoms with E-state index < -0.39 is 0 Å². The zero-order valence-corrected chi connectivity index (χ0v) is 16.2. The number of rotatable bonds is 8. The van der Waals surface area contributed by atoms with E-state index in [0.717, 1.165) is 44.5 Å². The van der Waals surface area contributed by atoms with Crippen LogP contribution >= 0.6 is 0 Å². The van der Waals surface area contributed by atoms with Gasteiger partial charge in [0, 0.05) is 44.1 Å². The van der Waals surface area contributed by atoms with Crippen LogP contribution in [0, 0.1) is 5.92 Å². The number of nitrogens with zero attached hydrogens (tertiary/aromatic N) is 3. The van der Waals surface area contributed by atoms with Gasteiger partial charge in [-0.15, -0.1) is 0 Å². The van der Waals surface area contributed by atoms with Crippen molar-refractivity contribution in [1.29, 1.82) is 0 Å². The summed E-state index contributed by atoms with van der Waals surface area (Å²) in [5, 5.41) is 0.666. The van der Waals surface area contributed by atoms with Gasteiger partial charge in [-0.2, -0.15) is 0 Å². The van der Waals surface area contributed by atoms with Gasteiger partial charge in [-0.1, -0.05) is 24.3 Å². The summed E-state index contributed by atoms with van der Waals surface area (Å²) in [4.78, 5) is 19.4. The highest BCUT2D eigenvalue weighted by atomic mass is 16.3. The van der Waals surface area contributed by atoms with Gasteiger partial charge in [-0.25, -0.2) is 4.98 Å². The molecule has 1 aromatic carbocycles. The molecule has 0 N–H and O–H groups in total. The molecule has 0 amide bonds. The molecular formula is C23H27N3O2. The zero-order chi connectivity index (χ0) is 19.2. The Morgan fingerprint density at radius 2 is 2.18 bits per heavy atom. The monoisotopic (exact) mass is 377 g/mol. The molecule has 5 heteroatoms. The first-order chi connectivity index (χ1) is 13.8. The third kappa shape index (κ3) is 4.60. The average Bonchev–Trinajstić information content (AvgIpc) is 3.24. The number of imidazole rings is 1. The maximum atomic E-state index is 12.9. The quantitative estimate of drug-likeness (QED) is 0.551. The molecule has 0 unspecified atom stereocenters. The van der Waals surface area contributed by atoms with Crippen LogP contribution in [-0.4, -0.2) is 27.5 Å². The maximum absolute atomic E-state index is 12.9. The van der Waals surface area contributed by atoms with Gasteiger partial charge in [0.05, 0.1) is 18.0 Å². The average molecular weight is 377 g/mol. The molecule has 3 aromatic rings. The summed E-state index contributed by atoms with van der Waals surface area (Å²) in [7, 11) is 0. The lowest BCUT2D eigenvalue weighted by molar-refractivity contribution is 0.208. The fourth-order valence-corrected chi connectivity index (χ4v) is 3.99. The molecule has 28 heavy (non-hydrogen) atoms. The van der Waals surface area contributed by atoms with Gasteiger partial charge >= 0.3 is 0 Å². The minimum Gasteiger partial charge on any atom is -0.464 e. The van der Waals surface area contributed by atoms with Crippen molar-refractivity contribution in [3.63, 3.8) is 0 Å². The molecule has 0 saturated carbocycles. The van der Waals surface area contributed by atoms with E-state index in [1.807, 2.05) is 43.0 Å². The summed E-state index contributed by atoms with van der Waals surface area (Å²) >= 11 is 0. The molecule has 1 aliphatic carbocycles. The summed E-state index contributed by atoms with van der Waals surface area (Å²) in [5.74, 6) is 0.658. The second-order valence-electron chi connectivity index (χ2n) is 7.63. The molecule has 146 valence electrons. The molecule has 0 radical (unpaired) electrons. The van der Waals surface area contributed by atoms with E-state index in [1.54, 1.807) is 6.26 Å². The van der Waals surface area contributed by atoms with Crippen molar-refractivity contribution in [3.05, 3.63) is 77.2 Å². The smallest absolute Gasteiger partial charge is 0.197 e. The Bertz CT molecular complexity index is 975. The van der Waals surface area contributed by atoms with Crippen molar-refractivity contribution in [2.24, 2.45) is 5.92 Å². The Morgan fingerprint density at radius 3 is 3.00 bits per heavy atom. The fraction of sp³-hybridized carbons (Fsp3) is 0.391. The summed E-state index contributed by atoms with van der Waals surface area (Å²) in [5.41, 5.74) is 1.48. The molecule has 1 atom stereocenters. The van der Waals surface area contributed by atoms with Crippen LogP contribution in [0.4, 0.5) is 0 Å². The van der Waals surface area contributed by atoms with E-state index in [1.165, 1.54) is 6.42 Å². The number of aryl methyl sites for hydroxylation is 1. The van der Waals surface area contributed by atoms with Crippen LogP contribution in [0.3, 0.4) is 0 Å².